The first-order chi connectivity index (χ1) is 29.5. The number of rotatable bonds is 37. The molecule has 2 rings (SSSR count). The Morgan fingerprint density at radius 3 is 1.70 bits per heavy atom. The van der Waals surface area contributed by atoms with Gasteiger partial charge in [-0.1, -0.05) is 179 Å². The zero-order valence-corrected chi connectivity index (χ0v) is 38.2. The topological polar surface area (TPSA) is 198 Å². The quantitative estimate of drug-likeness (QED) is 0.0184. The third-order valence-corrected chi connectivity index (χ3v) is 11.7. The number of aliphatic hydroxyl groups excluding tert-OH is 3. The molecule has 0 unspecified atom stereocenters. The maximum Gasteiger partial charge on any atom is 0.397 e. The summed E-state index contributed by atoms with van der Waals surface area (Å²) in [7, 11) is -4.91. The third kappa shape index (κ3) is 26.1. The lowest BCUT2D eigenvalue weighted by atomic mass is 9.99. The molecule has 0 aromatic heterocycles. The van der Waals surface area contributed by atoms with Crippen LogP contribution in [-0.2, 0) is 33.6 Å². The Bertz CT molecular complexity index is 1400. The van der Waals surface area contributed by atoms with Gasteiger partial charge in [0.1, 0.15) is 30.5 Å². The SMILES string of the molecule is CCCCCCCCCCCCC/C=C/[C@@H](OC(=O)c1ccccc1)[C@H](CO[C@@H]1O[C@H](COS(=O)(=O)O)[C@H](O)[C@H](O)[C@H]1O)NC(=O)CCCCCCCCCCCCCCC. The molecule has 5 N–H and O–H groups in total. The summed E-state index contributed by atoms with van der Waals surface area (Å²) >= 11 is 0. The number of benzene rings is 1. The van der Waals surface area contributed by atoms with E-state index in [9.17, 15) is 33.3 Å². The number of aliphatic hydroxyl groups is 3. The monoisotopic (exact) mass is 884 g/mol. The molecule has 0 bridgehead atoms. The Morgan fingerprint density at radius 2 is 1.20 bits per heavy atom. The zero-order valence-electron chi connectivity index (χ0n) is 37.3. The molecule has 14 heteroatoms. The summed E-state index contributed by atoms with van der Waals surface area (Å²) in [5.41, 5.74) is 0.314. The van der Waals surface area contributed by atoms with Crippen LogP contribution < -0.4 is 5.32 Å². The number of amides is 1. The first-order valence-electron chi connectivity index (χ1n) is 23.6. The predicted molar refractivity (Wildman–Crippen MR) is 238 cm³/mol. The van der Waals surface area contributed by atoms with Gasteiger partial charge in [0.25, 0.3) is 0 Å². The molecular weight excluding hydrogens is 803 g/mol. The lowest BCUT2D eigenvalue weighted by molar-refractivity contribution is -0.301. The fourth-order valence-electron chi connectivity index (χ4n) is 7.52. The number of carbonyl (C=O) groups is 2. The molecule has 1 aliphatic heterocycles. The number of nitrogens with one attached hydrogen (secondary N) is 1. The molecule has 1 saturated heterocycles. The Kier molecular flexibility index (Phi) is 30.5. The number of ether oxygens (including phenoxy) is 3. The molecule has 1 heterocycles. The smallest absolute Gasteiger partial charge is 0.397 e. The molecule has 1 fully saturated rings. The summed E-state index contributed by atoms with van der Waals surface area (Å²) in [6.07, 6.45) is 23.7. The van der Waals surface area contributed by atoms with Gasteiger partial charge >= 0.3 is 16.4 Å². The Balaban J connectivity index is 2.08. The van der Waals surface area contributed by atoms with Gasteiger partial charge in [0.15, 0.2) is 6.29 Å². The molecule has 7 atom stereocenters. The van der Waals surface area contributed by atoms with E-state index in [1.54, 1.807) is 36.4 Å². The van der Waals surface area contributed by atoms with Crippen molar-refractivity contribution in [1.29, 1.82) is 0 Å². The van der Waals surface area contributed by atoms with Gasteiger partial charge in [0.2, 0.25) is 5.91 Å². The van der Waals surface area contributed by atoms with E-state index >= 15 is 0 Å². The molecule has 1 amide bonds. The molecule has 0 spiro atoms. The molecule has 1 aliphatic rings. The molecule has 0 aliphatic carbocycles. The first kappa shape index (κ1) is 54.7. The van der Waals surface area contributed by atoms with E-state index in [0.29, 0.717) is 12.0 Å². The fraction of sp³-hybridized carbons (Fsp3) is 0.787. The van der Waals surface area contributed by atoms with E-state index in [-0.39, 0.29) is 18.9 Å². The van der Waals surface area contributed by atoms with Gasteiger partial charge in [0.05, 0.1) is 24.8 Å². The van der Waals surface area contributed by atoms with E-state index in [1.165, 1.54) is 109 Å². The van der Waals surface area contributed by atoms with Crippen molar-refractivity contribution in [3.05, 3.63) is 48.0 Å². The van der Waals surface area contributed by atoms with Gasteiger partial charge in [-0.3, -0.25) is 9.35 Å². The minimum absolute atomic E-state index is 0.235. The van der Waals surface area contributed by atoms with Gasteiger partial charge in [-0.2, -0.15) is 8.42 Å². The van der Waals surface area contributed by atoms with Crippen molar-refractivity contribution >= 4 is 22.3 Å². The summed E-state index contributed by atoms with van der Waals surface area (Å²) in [5, 5.41) is 34.7. The molecular formula is C47H81NO12S. The second-order valence-electron chi connectivity index (χ2n) is 16.7. The van der Waals surface area contributed by atoms with Crippen molar-refractivity contribution in [2.45, 2.75) is 224 Å². The van der Waals surface area contributed by atoms with E-state index in [0.717, 1.165) is 44.9 Å². The van der Waals surface area contributed by atoms with Gasteiger partial charge in [-0.05, 0) is 37.5 Å². The lowest BCUT2D eigenvalue weighted by Crippen LogP contribution is -2.60. The Hall–Kier alpha value is -2.43. The molecule has 0 saturated carbocycles. The average Bonchev–Trinajstić information content (AvgIpc) is 3.24. The second-order valence-corrected chi connectivity index (χ2v) is 17.8. The number of carbonyl (C=O) groups excluding carboxylic acids is 2. The highest BCUT2D eigenvalue weighted by Gasteiger charge is 2.45. The van der Waals surface area contributed by atoms with Crippen molar-refractivity contribution < 1.29 is 56.3 Å². The van der Waals surface area contributed by atoms with Gasteiger partial charge in [0, 0.05) is 6.42 Å². The minimum atomic E-state index is -4.91. The molecule has 1 aromatic rings. The number of hydrogen-bond donors (Lipinski definition) is 5. The van der Waals surface area contributed by atoms with Gasteiger partial charge < -0.3 is 34.8 Å². The maximum atomic E-state index is 13.5. The van der Waals surface area contributed by atoms with Crippen LogP contribution >= 0.6 is 0 Å². The van der Waals surface area contributed by atoms with Crippen LogP contribution in [0.2, 0.25) is 0 Å². The van der Waals surface area contributed by atoms with Crippen LogP contribution in [0.5, 0.6) is 0 Å². The average molecular weight is 884 g/mol. The number of allylic oxidation sites excluding steroid dienone is 1. The Labute approximate surface area is 367 Å². The summed E-state index contributed by atoms with van der Waals surface area (Å²) in [6.45, 7) is 3.22. The fourth-order valence-corrected chi connectivity index (χ4v) is 7.83. The zero-order chi connectivity index (χ0) is 44.6. The highest BCUT2D eigenvalue weighted by molar-refractivity contribution is 7.80. The molecule has 352 valence electrons. The summed E-state index contributed by atoms with van der Waals surface area (Å²) in [4.78, 5) is 26.9. The van der Waals surface area contributed by atoms with Gasteiger partial charge in [-0.25, -0.2) is 8.98 Å². The van der Waals surface area contributed by atoms with Crippen LogP contribution in [0, 0.1) is 0 Å². The molecule has 0 radical (unpaired) electrons. The van der Waals surface area contributed by atoms with E-state index < -0.39 is 65.8 Å². The normalized spacial score (nSPS) is 20.5. The van der Waals surface area contributed by atoms with E-state index in [1.807, 2.05) is 6.08 Å². The first-order valence-corrected chi connectivity index (χ1v) is 25.0. The largest absolute Gasteiger partial charge is 0.452 e. The van der Waals surface area contributed by atoms with Crippen molar-refractivity contribution in [2.24, 2.45) is 0 Å². The number of esters is 1. The summed E-state index contributed by atoms with van der Waals surface area (Å²) in [5.74, 6) is -0.896. The van der Waals surface area contributed by atoms with Crippen LogP contribution in [-0.4, -0.2) is 96.2 Å². The van der Waals surface area contributed by atoms with Crippen LogP contribution in [0.1, 0.15) is 191 Å². The second kappa shape index (κ2) is 34.0. The number of unbranched alkanes of at least 4 members (excludes halogenated alkanes) is 23. The van der Waals surface area contributed by atoms with Crippen LogP contribution in [0.15, 0.2) is 42.5 Å². The minimum Gasteiger partial charge on any atom is -0.452 e. The summed E-state index contributed by atoms with van der Waals surface area (Å²) < 4.78 is 53.3. The van der Waals surface area contributed by atoms with Crippen LogP contribution in [0.3, 0.4) is 0 Å². The van der Waals surface area contributed by atoms with E-state index in [4.69, 9.17) is 18.8 Å². The molecule has 1 aromatic carbocycles. The predicted octanol–water partition coefficient (Wildman–Crippen LogP) is 9.08. The Morgan fingerprint density at radius 1 is 0.705 bits per heavy atom. The van der Waals surface area contributed by atoms with E-state index in [2.05, 4.69) is 23.3 Å². The van der Waals surface area contributed by atoms with Crippen molar-refractivity contribution in [2.75, 3.05) is 13.2 Å². The van der Waals surface area contributed by atoms with Crippen molar-refractivity contribution in [1.82, 2.24) is 5.32 Å². The molecule has 61 heavy (non-hydrogen) atoms. The van der Waals surface area contributed by atoms with Crippen molar-refractivity contribution in [3.8, 4) is 0 Å². The van der Waals surface area contributed by atoms with Crippen LogP contribution in [0.4, 0.5) is 0 Å². The van der Waals surface area contributed by atoms with Gasteiger partial charge in [-0.15, -0.1) is 0 Å². The summed E-state index contributed by atoms with van der Waals surface area (Å²) in [6, 6.07) is 7.50. The third-order valence-electron chi connectivity index (χ3n) is 11.3. The maximum absolute atomic E-state index is 13.5. The highest BCUT2D eigenvalue weighted by atomic mass is 32.3. The highest BCUT2D eigenvalue weighted by Crippen LogP contribution is 2.24. The number of hydrogen-bond acceptors (Lipinski definition) is 11. The lowest BCUT2D eigenvalue weighted by Gasteiger charge is -2.40. The standard InChI is InChI=1S/C47H81NO12S/c1-3-5-7-9-11-13-15-17-19-21-23-25-30-34-40(59-46(53)38-32-28-27-29-33-38)39(36-57-47-45(52)44(51)43(50)41(60-47)37-58-61(54,55)56)48-42(49)35-31-26-24-22-20-18-16-14-12-10-8-6-4-2/h27-30,32-34,39-41,43-45,47,50-52H,3-26,31,35-37H2,1-2H3,(H,48,49)(H,54,55,56)/b34-30+/t39-,40+,41+,43-,44-,45+,47+/m0/s1. The molecule has 13 nitrogen and oxygen atoms in total. The van der Waals surface area contributed by atoms with Crippen molar-refractivity contribution in [3.63, 3.8) is 0 Å². The van der Waals surface area contributed by atoms with Crippen LogP contribution in [0.25, 0.3) is 0 Å².